The number of nitrogens with one attached hydrogen (secondary N) is 3. The SMILES string of the molecule is C=CC(=O)Nc1cc(Nc2cc(-c3ccnc(N4CCn5c(cc6c5CC(C)(C)C6)C4=O)c3CO)cn(C)c2=O)ncc1N1CCN(C2CCN(c3ccc4c(c3)C(=O)N(C3CCC(=O)NC3=O)C4=O)[C@@H](C)C2)C[C@@H]1C. The van der Waals surface area contributed by atoms with E-state index < -0.39 is 42.2 Å². The number of hydrogen-bond acceptors (Lipinski definition) is 14. The van der Waals surface area contributed by atoms with Gasteiger partial charge >= 0.3 is 0 Å². The molecular weight excluding hydrogens is 969 g/mol. The summed E-state index contributed by atoms with van der Waals surface area (Å²) >= 11 is 0. The molecule has 0 bridgehead atoms. The van der Waals surface area contributed by atoms with Gasteiger partial charge in [0, 0.05) is 112 Å². The minimum Gasteiger partial charge on any atom is -0.392 e. The second kappa shape index (κ2) is 19.3. The maximum atomic E-state index is 14.1. The number of fused-ring (bicyclic) bond motifs is 4. The second-order valence-corrected chi connectivity index (χ2v) is 21.8. The van der Waals surface area contributed by atoms with Gasteiger partial charge in [-0.05, 0) is 105 Å². The lowest BCUT2D eigenvalue weighted by Gasteiger charge is -2.48. The lowest BCUT2D eigenvalue weighted by Crippen LogP contribution is -2.58. The topological polar surface area (TPSA) is 228 Å². The van der Waals surface area contributed by atoms with E-state index in [1.165, 1.54) is 21.9 Å². The number of hydrogen-bond donors (Lipinski definition) is 4. The average molecular weight is 1030 g/mol. The highest BCUT2D eigenvalue weighted by Crippen LogP contribution is 2.41. The van der Waals surface area contributed by atoms with E-state index in [1.807, 2.05) is 12.1 Å². The van der Waals surface area contributed by atoms with E-state index in [4.69, 9.17) is 4.98 Å². The molecule has 5 aliphatic heterocycles. The number of anilines is 6. The van der Waals surface area contributed by atoms with Crippen molar-refractivity contribution in [1.29, 1.82) is 0 Å². The molecule has 6 aliphatic rings. The number of carbonyl (C=O) groups excluding carboxylic acids is 6. The zero-order valence-corrected chi connectivity index (χ0v) is 43.4. The van der Waals surface area contributed by atoms with Crippen molar-refractivity contribution in [3.05, 3.63) is 118 Å². The van der Waals surface area contributed by atoms with Gasteiger partial charge in [0.1, 0.15) is 29.1 Å². The van der Waals surface area contributed by atoms with Crippen molar-refractivity contribution in [2.24, 2.45) is 12.5 Å². The molecule has 4 atom stereocenters. The van der Waals surface area contributed by atoms with Crippen LogP contribution in [0.25, 0.3) is 11.1 Å². The Kier molecular flexibility index (Phi) is 12.8. The van der Waals surface area contributed by atoms with E-state index in [0.717, 1.165) is 55.9 Å². The summed E-state index contributed by atoms with van der Waals surface area (Å²) in [5.74, 6) is -2.01. The summed E-state index contributed by atoms with van der Waals surface area (Å²) in [6.45, 7) is 15.9. The molecule has 9 heterocycles. The van der Waals surface area contributed by atoms with Gasteiger partial charge < -0.3 is 34.7 Å². The van der Waals surface area contributed by atoms with E-state index >= 15 is 0 Å². The third-order valence-electron chi connectivity index (χ3n) is 16.2. The third-order valence-corrected chi connectivity index (χ3v) is 16.2. The number of amides is 6. The zero-order chi connectivity index (χ0) is 53.5. The lowest BCUT2D eigenvalue weighted by molar-refractivity contribution is -0.136. The molecule has 0 saturated carbocycles. The van der Waals surface area contributed by atoms with E-state index in [1.54, 1.807) is 60.9 Å². The Bertz CT molecular complexity index is 3360. The van der Waals surface area contributed by atoms with Gasteiger partial charge in [-0.2, -0.15) is 0 Å². The van der Waals surface area contributed by atoms with E-state index in [0.29, 0.717) is 65.0 Å². The molecule has 2 unspecified atom stereocenters. The van der Waals surface area contributed by atoms with Gasteiger partial charge in [0.2, 0.25) is 17.7 Å². The smallest absolute Gasteiger partial charge is 0.276 e. The number of piperidine rings is 2. The molecule has 1 aromatic carbocycles. The number of aryl methyl sites for hydroxylation is 1. The predicted molar refractivity (Wildman–Crippen MR) is 286 cm³/mol. The van der Waals surface area contributed by atoms with Gasteiger partial charge in [0.05, 0.1) is 35.3 Å². The summed E-state index contributed by atoms with van der Waals surface area (Å²) in [7, 11) is 1.64. The molecule has 6 amide bonds. The quantitative estimate of drug-likeness (QED) is 0.103. The predicted octanol–water partition coefficient (Wildman–Crippen LogP) is 4.76. The molecule has 20 heteroatoms. The summed E-state index contributed by atoms with van der Waals surface area (Å²) in [5, 5.41) is 19.3. The summed E-state index contributed by atoms with van der Waals surface area (Å²) in [4.78, 5) is 111. The van der Waals surface area contributed by atoms with Crippen LogP contribution in [-0.2, 0) is 47.4 Å². The summed E-state index contributed by atoms with van der Waals surface area (Å²) in [6.07, 6.45) is 9.89. The zero-order valence-electron chi connectivity index (χ0n) is 43.4. The van der Waals surface area contributed by atoms with Crippen LogP contribution in [0.1, 0.15) is 101 Å². The lowest BCUT2D eigenvalue weighted by atomic mass is 9.90. The summed E-state index contributed by atoms with van der Waals surface area (Å²) in [5.41, 5.74) is 7.27. The number of carbonyl (C=O) groups is 6. The van der Waals surface area contributed by atoms with Gasteiger partial charge in [0.15, 0.2) is 0 Å². The minimum atomic E-state index is -1.02. The van der Waals surface area contributed by atoms with Crippen LogP contribution in [0.3, 0.4) is 0 Å². The highest BCUT2D eigenvalue weighted by Gasteiger charge is 2.45. The Morgan fingerprint density at radius 2 is 1.67 bits per heavy atom. The highest BCUT2D eigenvalue weighted by molar-refractivity contribution is 6.23. The fourth-order valence-electron chi connectivity index (χ4n) is 12.5. The van der Waals surface area contributed by atoms with Crippen LogP contribution in [0.15, 0.2) is 78.5 Å². The van der Waals surface area contributed by atoms with Crippen molar-refractivity contribution < 1.29 is 33.9 Å². The normalized spacial score (nSPS) is 22.4. The summed E-state index contributed by atoms with van der Waals surface area (Å²) < 4.78 is 3.58. The maximum Gasteiger partial charge on any atom is 0.276 e. The van der Waals surface area contributed by atoms with Crippen LogP contribution < -0.4 is 36.2 Å². The van der Waals surface area contributed by atoms with Crippen molar-refractivity contribution in [1.82, 2.24) is 34.2 Å². The molecule has 76 heavy (non-hydrogen) atoms. The number of piperazine rings is 1. The molecule has 3 fully saturated rings. The molecule has 4 N–H and O–H groups in total. The molecule has 0 spiro atoms. The van der Waals surface area contributed by atoms with Crippen molar-refractivity contribution in [2.75, 3.05) is 58.1 Å². The van der Waals surface area contributed by atoms with Gasteiger partial charge in [-0.15, -0.1) is 0 Å². The van der Waals surface area contributed by atoms with Crippen LogP contribution >= 0.6 is 0 Å². The van der Waals surface area contributed by atoms with Gasteiger partial charge in [0.25, 0.3) is 23.3 Å². The van der Waals surface area contributed by atoms with Crippen molar-refractivity contribution in [2.45, 2.75) is 104 Å². The van der Waals surface area contributed by atoms with Gasteiger partial charge in [-0.3, -0.25) is 53.6 Å². The molecule has 394 valence electrons. The number of benzene rings is 1. The van der Waals surface area contributed by atoms with Crippen LogP contribution in [0, 0.1) is 5.41 Å². The first-order chi connectivity index (χ1) is 36.4. The molecule has 5 aromatic rings. The molecule has 3 saturated heterocycles. The highest BCUT2D eigenvalue weighted by atomic mass is 16.3. The van der Waals surface area contributed by atoms with Gasteiger partial charge in [-0.25, -0.2) is 9.97 Å². The largest absolute Gasteiger partial charge is 0.392 e. The first-order valence-electron chi connectivity index (χ1n) is 26.1. The minimum absolute atomic E-state index is 0.0171. The summed E-state index contributed by atoms with van der Waals surface area (Å²) in [6, 6.07) is 11.8. The van der Waals surface area contributed by atoms with Crippen LogP contribution in [0.5, 0.6) is 0 Å². The number of aliphatic hydroxyl groups excluding tert-OH is 1. The van der Waals surface area contributed by atoms with E-state index in [9.17, 15) is 38.7 Å². The fourth-order valence-corrected chi connectivity index (χ4v) is 12.5. The first-order valence-corrected chi connectivity index (χ1v) is 26.1. The van der Waals surface area contributed by atoms with E-state index in [-0.39, 0.29) is 64.7 Å². The number of imide groups is 2. The monoisotopic (exact) mass is 1030 g/mol. The number of pyridine rings is 3. The van der Waals surface area contributed by atoms with Crippen molar-refractivity contribution in [3.63, 3.8) is 0 Å². The first kappa shape index (κ1) is 50.2. The van der Waals surface area contributed by atoms with E-state index in [2.05, 4.69) is 74.5 Å². The molecule has 4 aromatic heterocycles. The number of nitrogens with zero attached hydrogens (tertiary/aromatic N) is 9. The molecule has 11 rings (SSSR count). The van der Waals surface area contributed by atoms with Gasteiger partial charge in [-0.1, -0.05) is 20.4 Å². The molecule has 20 nitrogen and oxygen atoms in total. The molecular formula is C56H62N12O8. The number of rotatable bonds is 11. The third kappa shape index (κ3) is 8.81. The van der Waals surface area contributed by atoms with Crippen LogP contribution in [0.4, 0.5) is 34.4 Å². The fraction of sp³-hybridized carbons (Fsp3) is 0.411. The number of aromatic nitrogens is 4. The van der Waals surface area contributed by atoms with Crippen LogP contribution in [-0.4, -0.2) is 126 Å². The van der Waals surface area contributed by atoms with Crippen LogP contribution in [0.2, 0.25) is 0 Å². The Morgan fingerprint density at radius 3 is 2.42 bits per heavy atom. The Morgan fingerprint density at radius 1 is 0.868 bits per heavy atom. The maximum absolute atomic E-state index is 14.1. The Balaban J connectivity index is 0.774. The second-order valence-electron chi connectivity index (χ2n) is 21.8. The Labute approximate surface area is 439 Å². The molecule has 0 radical (unpaired) electrons. The van der Waals surface area contributed by atoms with Crippen molar-refractivity contribution >= 4 is 69.8 Å². The molecule has 1 aliphatic carbocycles. The van der Waals surface area contributed by atoms with Crippen molar-refractivity contribution in [3.8, 4) is 11.1 Å². The number of aliphatic hydroxyl groups is 1. The average Bonchev–Trinajstić information content (AvgIpc) is 4.04. The standard InChI is InChI=1S/C56H62N12O8/c1-7-48(70)60-41-24-47(59-42-21-34(29-62(6)54(42)75)37-12-14-57-50(40(37)30-69)67-19-18-66-44(55(67)76)22-33-25-56(4,5)26-45(33)66)58-27-46(41)65-17-16-63(28-32(65)3)35-13-15-64(31(2)20-35)36-8-9-38-39(23-36)53(74)68(52(38)73)43-10-11-49(71)61-51(43)72/h7-9,12,14,21-24,27,29,31-32,35,43,69H,1,10-11,13,15-20,25-26,28,30H2,2-6H3,(H,61,71,72)(H2,58,59,60,70)/t31-,32-,35?,43?/m0/s1. The Hall–Kier alpha value is -7.97.